The lowest BCUT2D eigenvalue weighted by molar-refractivity contribution is -0.119. The molecule has 1 aliphatic heterocycles. The molecular weight excluding hydrogens is 356 g/mol. The van der Waals surface area contributed by atoms with Gasteiger partial charge in [-0.25, -0.2) is 8.42 Å². The molecule has 1 saturated heterocycles. The molecule has 124 valence electrons. The van der Waals surface area contributed by atoms with Crippen LogP contribution < -0.4 is 5.32 Å². The van der Waals surface area contributed by atoms with Crippen molar-refractivity contribution in [2.24, 2.45) is 0 Å². The van der Waals surface area contributed by atoms with Gasteiger partial charge in [-0.15, -0.1) is 21.5 Å². The fourth-order valence-corrected chi connectivity index (χ4v) is 6.16. The van der Waals surface area contributed by atoms with Gasteiger partial charge >= 0.3 is 0 Å². The van der Waals surface area contributed by atoms with Crippen LogP contribution in [0.2, 0.25) is 0 Å². The van der Waals surface area contributed by atoms with E-state index in [2.05, 4.69) is 15.5 Å². The SMILES string of the molecule is Cc1ccc(S(=O)(=O)N2CCCC2C(=O)Nc2nnc(C)s2)s1. The standard InChI is InChI=1S/C13H16N4O3S3/c1-8-5-6-11(21-8)23(19,20)17-7-3-4-10(17)12(18)14-13-16-15-9(2)22-13/h5-6,10H,3-4,7H2,1-2H3,(H,14,16,18). The average Bonchev–Trinajstić information content (AvgIpc) is 3.19. The number of rotatable bonds is 4. The van der Waals surface area contributed by atoms with Crippen molar-refractivity contribution in [2.45, 2.75) is 36.9 Å². The number of anilines is 1. The molecular formula is C13H16N4O3S3. The maximum Gasteiger partial charge on any atom is 0.253 e. The number of thiophene rings is 1. The van der Waals surface area contributed by atoms with Crippen LogP contribution >= 0.6 is 22.7 Å². The Balaban J connectivity index is 1.81. The Hall–Kier alpha value is -1.36. The Morgan fingerprint density at radius 3 is 2.70 bits per heavy atom. The maximum atomic E-state index is 12.8. The molecule has 1 aliphatic rings. The summed E-state index contributed by atoms with van der Waals surface area (Å²) in [5.41, 5.74) is 0. The first kappa shape index (κ1) is 16.5. The number of carbonyl (C=O) groups is 1. The number of nitrogens with one attached hydrogen (secondary N) is 1. The molecule has 1 atom stereocenters. The van der Waals surface area contributed by atoms with Crippen LogP contribution in [0, 0.1) is 13.8 Å². The Morgan fingerprint density at radius 2 is 2.09 bits per heavy atom. The molecule has 1 fully saturated rings. The molecule has 2 aromatic heterocycles. The third-order valence-electron chi connectivity index (χ3n) is 3.54. The van der Waals surface area contributed by atoms with Crippen molar-refractivity contribution in [1.82, 2.24) is 14.5 Å². The van der Waals surface area contributed by atoms with E-state index in [1.54, 1.807) is 19.1 Å². The first-order chi connectivity index (χ1) is 10.9. The van der Waals surface area contributed by atoms with Crippen molar-refractivity contribution in [1.29, 1.82) is 0 Å². The van der Waals surface area contributed by atoms with E-state index in [0.717, 1.165) is 9.88 Å². The van der Waals surface area contributed by atoms with Gasteiger partial charge in [0.25, 0.3) is 10.0 Å². The molecule has 0 bridgehead atoms. The summed E-state index contributed by atoms with van der Waals surface area (Å²) < 4.78 is 27.1. The average molecular weight is 372 g/mol. The normalized spacial score (nSPS) is 19.1. The lowest BCUT2D eigenvalue weighted by Crippen LogP contribution is -2.42. The van der Waals surface area contributed by atoms with E-state index >= 15 is 0 Å². The Morgan fingerprint density at radius 1 is 1.30 bits per heavy atom. The van der Waals surface area contributed by atoms with Gasteiger partial charge in [-0.2, -0.15) is 4.31 Å². The number of aromatic nitrogens is 2. The van der Waals surface area contributed by atoms with Crippen LogP contribution in [-0.4, -0.2) is 41.4 Å². The maximum absolute atomic E-state index is 12.8. The molecule has 3 rings (SSSR count). The number of hydrogen-bond acceptors (Lipinski definition) is 7. The van der Waals surface area contributed by atoms with Gasteiger partial charge in [0.15, 0.2) is 0 Å². The van der Waals surface area contributed by atoms with E-state index in [1.165, 1.54) is 27.0 Å². The van der Waals surface area contributed by atoms with Crippen molar-refractivity contribution in [3.63, 3.8) is 0 Å². The smallest absolute Gasteiger partial charge is 0.253 e. The summed E-state index contributed by atoms with van der Waals surface area (Å²) in [5.74, 6) is -0.351. The van der Waals surface area contributed by atoms with E-state index < -0.39 is 16.1 Å². The summed E-state index contributed by atoms with van der Waals surface area (Å²) in [6, 6.07) is 2.66. The third kappa shape index (κ3) is 3.30. The topological polar surface area (TPSA) is 92.3 Å². The zero-order valence-corrected chi connectivity index (χ0v) is 15.1. The van der Waals surface area contributed by atoms with E-state index in [1.807, 2.05) is 6.92 Å². The van der Waals surface area contributed by atoms with Crippen molar-refractivity contribution < 1.29 is 13.2 Å². The molecule has 1 N–H and O–H groups in total. The Kier molecular flexibility index (Phi) is 4.50. The van der Waals surface area contributed by atoms with E-state index in [-0.39, 0.29) is 10.1 Å². The molecule has 3 heterocycles. The molecule has 10 heteroatoms. The summed E-state index contributed by atoms with van der Waals surface area (Å²) in [4.78, 5) is 13.4. The lowest BCUT2D eigenvalue weighted by atomic mass is 10.2. The second-order valence-electron chi connectivity index (χ2n) is 5.25. The Labute approximate surface area is 142 Å². The minimum Gasteiger partial charge on any atom is -0.299 e. The zero-order chi connectivity index (χ0) is 16.6. The molecule has 2 aromatic rings. The van der Waals surface area contributed by atoms with Crippen molar-refractivity contribution in [3.8, 4) is 0 Å². The number of carbonyl (C=O) groups excluding carboxylic acids is 1. The largest absolute Gasteiger partial charge is 0.299 e. The molecule has 0 saturated carbocycles. The second kappa shape index (κ2) is 6.27. The van der Waals surface area contributed by atoms with Gasteiger partial charge in [0, 0.05) is 11.4 Å². The predicted octanol–water partition coefficient (Wildman–Crippen LogP) is 2.01. The van der Waals surface area contributed by atoms with Gasteiger partial charge in [-0.3, -0.25) is 10.1 Å². The van der Waals surface area contributed by atoms with Gasteiger partial charge in [-0.05, 0) is 38.8 Å². The molecule has 0 aliphatic carbocycles. The number of aryl methyl sites for hydroxylation is 2. The molecule has 0 aromatic carbocycles. The van der Waals surface area contributed by atoms with E-state index in [4.69, 9.17) is 0 Å². The van der Waals surface area contributed by atoms with E-state index in [0.29, 0.717) is 24.5 Å². The van der Waals surface area contributed by atoms with Gasteiger partial charge in [0.2, 0.25) is 11.0 Å². The minimum atomic E-state index is -3.64. The third-order valence-corrected chi connectivity index (χ3v) is 7.67. The van der Waals surface area contributed by atoms with Gasteiger partial charge in [0.1, 0.15) is 15.3 Å². The van der Waals surface area contributed by atoms with Crippen LogP contribution in [0.15, 0.2) is 16.3 Å². The summed E-state index contributed by atoms with van der Waals surface area (Å²) in [5, 5.41) is 11.5. The van der Waals surface area contributed by atoms with Crippen LogP contribution in [0.4, 0.5) is 5.13 Å². The summed E-state index contributed by atoms with van der Waals surface area (Å²) in [6.07, 6.45) is 1.17. The van der Waals surface area contributed by atoms with Crippen LogP contribution in [0.5, 0.6) is 0 Å². The second-order valence-corrected chi connectivity index (χ2v) is 9.84. The number of amides is 1. The number of sulfonamides is 1. The quantitative estimate of drug-likeness (QED) is 0.886. The Bertz CT molecular complexity index is 827. The summed E-state index contributed by atoms with van der Waals surface area (Å²) >= 11 is 2.48. The van der Waals surface area contributed by atoms with E-state index in [9.17, 15) is 13.2 Å². The minimum absolute atomic E-state index is 0.279. The van der Waals surface area contributed by atoms with Crippen LogP contribution in [0.1, 0.15) is 22.7 Å². The fourth-order valence-electron chi connectivity index (χ4n) is 2.49. The monoisotopic (exact) mass is 372 g/mol. The van der Waals surface area contributed by atoms with Gasteiger partial charge in [-0.1, -0.05) is 11.3 Å². The molecule has 1 amide bonds. The molecule has 7 nitrogen and oxygen atoms in total. The molecule has 1 unspecified atom stereocenters. The first-order valence-electron chi connectivity index (χ1n) is 7.07. The first-order valence-corrected chi connectivity index (χ1v) is 10.1. The molecule has 0 radical (unpaired) electrons. The zero-order valence-electron chi connectivity index (χ0n) is 12.6. The highest BCUT2D eigenvalue weighted by Crippen LogP contribution is 2.30. The highest BCUT2D eigenvalue weighted by Gasteiger charge is 2.40. The van der Waals surface area contributed by atoms with Crippen molar-refractivity contribution >= 4 is 43.7 Å². The van der Waals surface area contributed by atoms with Crippen LogP contribution in [-0.2, 0) is 14.8 Å². The molecule has 23 heavy (non-hydrogen) atoms. The van der Waals surface area contributed by atoms with Gasteiger partial charge in [0.05, 0.1) is 0 Å². The van der Waals surface area contributed by atoms with Crippen LogP contribution in [0.3, 0.4) is 0 Å². The summed E-state index contributed by atoms with van der Waals surface area (Å²) in [7, 11) is -3.64. The number of hydrogen-bond donors (Lipinski definition) is 1. The molecule has 0 spiro atoms. The fraction of sp³-hybridized carbons (Fsp3) is 0.462. The van der Waals surface area contributed by atoms with Gasteiger partial charge < -0.3 is 0 Å². The highest BCUT2D eigenvalue weighted by molar-refractivity contribution is 7.91. The lowest BCUT2D eigenvalue weighted by Gasteiger charge is -2.22. The van der Waals surface area contributed by atoms with Crippen molar-refractivity contribution in [2.75, 3.05) is 11.9 Å². The number of nitrogens with zero attached hydrogens (tertiary/aromatic N) is 3. The predicted molar refractivity (Wildman–Crippen MR) is 89.2 cm³/mol. The summed E-state index contributed by atoms with van der Waals surface area (Å²) in [6.45, 7) is 4.00. The van der Waals surface area contributed by atoms with Crippen molar-refractivity contribution in [3.05, 3.63) is 22.0 Å². The van der Waals surface area contributed by atoms with Crippen LogP contribution in [0.25, 0.3) is 0 Å². The highest BCUT2D eigenvalue weighted by atomic mass is 32.2.